The fraction of sp³-hybridized carbons (Fsp3) is 0.433. The van der Waals surface area contributed by atoms with Crippen LogP contribution in [0.25, 0.3) is 0 Å². The molecule has 3 aliphatic heterocycles. The summed E-state index contributed by atoms with van der Waals surface area (Å²) < 4.78 is 6.43. The molecule has 2 bridgehead atoms. The van der Waals surface area contributed by atoms with Gasteiger partial charge in [0.05, 0.1) is 17.9 Å². The summed E-state index contributed by atoms with van der Waals surface area (Å²) in [5.74, 6) is -2.33. The summed E-state index contributed by atoms with van der Waals surface area (Å²) in [6.07, 6.45) is 8.73. The summed E-state index contributed by atoms with van der Waals surface area (Å²) >= 11 is 12.4. The molecule has 5 unspecified atom stereocenters. The first kappa shape index (κ1) is 26.4. The first-order chi connectivity index (χ1) is 18.9. The van der Waals surface area contributed by atoms with E-state index in [4.69, 9.17) is 27.9 Å². The molecule has 39 heavy (non-hydrogen) atoms. The maximum absolute atomic E-state index is 14.1. The molecule has 3 amide bonds. The van der Waals surface area contributed by atoms with Gasteiger partial charge in [-0.05, 0) is 55.2 Å². The monoisotopic (exact) mass is 567 g/mol. The minimum absolute atomic E-state index is 0.0776. The molecule has 3 fully saturated rings. The zero-order chi connectivity index (χ0) is 27.1. The Hall–Kier alpha value is -2.87. The van der Waals surface area contributed by atoms with E-state index in [0.717, 1.165) is 31.2 Å². The number of hydrogen-bond donors (Lipinski definition) is 2. The normalized spacial score (nSPS) is 29.5. The number of amides is 3. The van der Waals surface area contributed by atoms with Crippen LogP contribution in [-0.4, -0.2) is 53.0 Å². The Labute approximate surface area is 237 Å². The first-order valence-electron chi connectivity index (χ1n) is 13.7. The van der Waals surface area contributed by atoms with Gasteiger partial charge in [-0.1, -0.05) is 72.8 Å². The highest BCUT2D eigenvalue weighted by atomic mass is 35.5. The number of halogens is 2. The number of carbonyl (C=O) groups excluding carboxylic acids is 3. The maximum atomic E-state index is 14.1. The molecular weight excluding hydrogens is 537 g/mol. The summed E-state index contributed by atoms with van der Waals surface area (Å²) in [4.78, 5) is 43.2. The molecule has 0 aromatic heterocycles. The van der Waals surface area contributed by atoms with Gasteiger partial charge < -0.3 is 20.3 Å². The van der Waals surface area contributed by atoms with Crippen LogP contribution >= 0.6 is 23.2 Å². The summed E-state index contributed by atoms with van der Waals surface area (Å²) in [6.45, 7) is 0.289. The van der Waals surface area contributed by atoms with Crippen molar-refractivity contribution in [3.05, 3.63) is 76.3 Å². The molecule has 2 aromatic rings. The molecule has 1 saturated carbocycles. The Morgan fingerprint density at radius 2 is 1.74 bits per heavy atom. The Bertz CT molecular complexity index is 1310. The first-order valence-corrected chi connectivity index (χ1v) is 14.4. The standard InChI is InChI=1S/C30H31Cl2N3O4/c31-19-10-12-21(13-11-19)33-27(36)24-23-14-16-30(39-23)25(24)29(38)35(17-15-18-6-4-5-9-22(18)32)26(30)28(37)34-20-7-2-1-3-8-20/h4-6,9-14,16,20,23-26H,1-3,7-8,15,17H2,(H,33,36)(H,34,37). The van der Waals surface area contributed by atoms with Gasteiger partial charge in [0.1, 0.15) is 11.6 Å². The molecule has 2 saturated heterocycles. The second-order valence-electron chi connectivity index (χ2n) is 10.9. The molecule has 1 spiro atoms. The third-order valence-electron chi connectivity index (χ3n) is 8.57. The van der Waals surface area contributed by atoms with Crippen molar-refractivity contribution in [3.63, 3.8) is 0 Å². The Kier molecular flexibility index (Phi) is 7.16. The minimum atomic E-state index is -1.19. The van der Waals surface area contributed by atoms with Crippen LogP contribution < -0.4 is 10.6 Å². The third kappa shape index (κ3) is 4.75. The van der Waals surface area contributed by atoms with Crippen LogP contribution in [0.15, 0.2) is 60.7 Å². The minimum Gasteiger partial charge on any atom is -0.359 e. The molecule has 7 nitrogen and oxygen atoms in total. The van der Waals surface area contributed by atoms with Crippen molar-refractivity contribution in [2.75, 3.05) is 11.9 Å². The number of benzene rings is 2. The summed E-state index contributed by atoms with van der Waals surface area (Å²) in [5.41, 5.74) is 0.284. The molecule has 6 rings (SSSR count). The van der Waals surface area contributed by atoms with Gasteiger partial charge in [-0.2, -0.15) is 0 Å². The van der Waals surface area contributed by atoms with Crippen LogP contribution in [0, 0.1) is 11.8 Å². The van der Waals surface area contributed by atoms with Gasteiger partial charge in [0.15, 0.2) is 0 Å². The second-order valence-corrected chi connectivity index (χ2v) is 11.8. The van der Waals surface area contributed by atoms with Crippen LogP contribution in [0.1, 0.15) is 37.7 Å². The van der Waals surface area contributed by atoms with Gasteiger partial charge in [-0.3, -0.25) is 14.4 Å². The third-order valence-corrected chi connectivity index (χ3v) is 9.19. The number of carbonyl (C=O) groups is 3. The SMILES string of the molecule is O=C(Nc1ccc(Cl)cc1)C1C2C=CC3(O2)C1C(=O)N(CCc1ccccc1Cl)C3C(=O)NC1CCCCC1. The number of likely N-dealkylation sites (tertiary alicyclic amines) is 1. The van der Waals surface area contributed by atoms with Gasteiger partial charge in [0.25, 0.3) is 0 Å². The lowest BCUT2D eigenvalue weighted by atomic mass is 9.74. The molecule has 204 valence electrons. The number of rotatable bonds is 7. The lowest BCUT2D eigenvalue weighted by Crippen LogP contribution is -2.56. The van der Waals surface area contributed by atoms with E-state index in [1.807, 2.05) is 36.4 Å². The lowest BCUT2D eigenvalue weighted by Gasteiger charge is -2.34. The van der Waals surface area contributed by atoms with E-state index >= 15 is 0 Å². The van der Waals surface area contributed by atoms with Crippen molar-refractivity contribution in [2.45, 2.75) is 62.3 Å². The number of hydrogen-bond acceptors (Lipinski definition) is 4. The summed E-state index contributed by atoms with van der Waals surface area (Å²) in [6, 6.07) is 13.5. The second kappa shape index (κ2) is 10.6. The molecule has 0 radical (unpaired) electrons. The smallest absolute Gasteiger partial charge is 0.246 e. The topological polar surface area (TPSA) is 87.7 Å². The molecule has 2 N–H and O–H groups in total. The van der Waals surface area contributed by atoms with Crippen LogP contribution in [0.3, 0.4) is 0 Å². The van der Waals surface area contributed by atoms with Crippen molar-refractivity contribution in [3.8, 4) is 0 Å². The number of fused-ring (bicyclic) bond motifs is 1. The number of nitrogens with zero attached hydrogens (tertiary/aromatic N) is 1. The average molecular weight is 569 g/mol. The molecule has 1 aliphatic carbocycles. The molecule has 5 atom stereocenters. The van der Waals surface area contributed by atoms with Gasteiger partial charge in [-0.15, -0.1) is 0 Å². The van der Waals surface area contributed by atoms with E-state index in [2.05, 4.69) is 10.6 Å². The average Bonchev–Trinajstić information content (AvgIpc) is 3.57. The molecule has 9 heteroatoms. The van der Waals surface area contributed by atoms with Crippen LogP contribution in [0.5, 0.6) is 0 Å². The maximum Gasteiger partial charge on any atom is 0.246 e. The zero-order valence-corrected chi connectivity index (χ0v) is 23.0. The van der Waals surface area contributed by atoms with E-state index in [-0.39, 0.29) is 30.3 Å². The quantitative estimate of drug-likeness (QED) is 0.471. The molecule has 2 aromatic carbocycles. The van der Waals surface area contributed by atoms with Gasteiger partial charge >= 0.3 is 0 Å². The highest BCUT2D eigenvalue weighted by Gasteiger charge is 2.72. The van der Waals surface area contributed by atoms with E-state index in [0.29, 0.717) is 22.2 Å². The molecule has 3 heterocycles. The van der Waals surface area contributed by atoms with Gasteiger partial charge in [0.2, 0.25) is 17.7 Å². The van der Waals surface area contributed by atoms with Crippen LogP contribution in [-0.2, 0) is 25.5 Å². The fourth-order valence-corrected chi connectivity index (χ4v) is 7.09. The number of nitrogens with one attached hydrogen (secondary N) is 2. The van der Waals surface area contributed by atoms with Crippen LogP contribution in [0.2, 0.25) is 10.0 Å². The fourth-order valence-electron chi connectivity index (χ4n) is 6.74. The predicted octanol–water partition coefficient (Wildman–Crippen LogP) is 4.77. The zero-order valence-electron chi connectivity index (χ0n) is 21.4. The summed E-state index contributed by atoms with van der Waals surface area (Å²) in [5, 5.41) is 7.30. The van der Waals surface area contributed by atoms with Crippen molar-refractivity contribution in [2.24, 2.45) is 11.8 Å². The Morgan fingerprint density at radius 3 is 2.49 bits per heavy atom. The molecular formula is C30H31Cl2N3O4. The predicted molar refractivity (Wildman–Crippen MR) is 149 cm³/mol. The Morgan fingerprint density at radius 1 is 1.00 bits per heavy atom. The van der Waals surface area contributed by atoms with E-state index in [9.17, 15) is 14.4 Å². The number of anilines is 1. The van der Waals surface area contributed by atoms with Crippen molar-refractivity contribution in [1.29, 1.82) is 0 Å². The van der Waals surface area contributed by atoms with Crippen molar-refractivity contribution < 1.29 is 19.1 Å². The van der Waals surface area contributed by atoms with Gasteiger partial charge in [-0.25, -0.2) is 0 Å². The highest BCUT2D eigenvalue weighted by molar-refractivity contribution is 6.31. The van der Waals surface area contributed by atoms with Crippen molar-refractivity contribution >= 4 is 46.6 Å². The van der Waals surface area contributed by atoms with E-state index in [1.165, 1.54) is 6.42 Å². The van der Waals surface area contributed by atoms with Crippen LogP contribution in [0.4, 0.5) is 5.69 Å². The van der Waals surface area contributed by atoms with E-state index in [1.54, 1.807) is 29.2 Å². The van der Waals surface area contributed by atoms with Gasteiger partial charge in [0, 0.05) is 28.3 Å². The number of ether oxygens (including phenoxy) is 1. The summed E-state index contributed by atoms with van der Waals surface area (Å²) in [7, 11) is 0. The Balaban J connectivity index is 1.29. The highest BCUT2D eigenvalue weighted by Crippen LogP contribution is 2.55. The van der Waals surface area contributed by atoms with Crippen molar-refractivity contribution in [1.82, 2.24) is 10.2 Å². The van der Waals surface area contributed by atoms with E-state index < -0.39 is 29.6 Å². The lowest BCUT2D eigenvalue weighted by molar-refractivity contribution is -0.141. The molecule has 4 aliphatic rings. The largest absolute Gasteiger partial charge is 0.359 e.